The number of amides is 1. The van der Waals surface area contributed by atoms with Gasteiger partial charge in [0.2, 0.25) is 5.91 Å². The third kappa shape index (κ3) is 3.55. The van der Waals surface area contributed by atoms with Crippen molar-refractivity contribution in [2.75, 3.05) is 4.90 Å². The van der Waals surface area contributed by atoms with E-state index in [-0.39, 0.29) is 18.5 Å². The first-order valence-electron chi connectivity index (χ1n) is 6.84. The first-order chi connectivity index (χ1) is 10.6. The van der Waals surface area contributed by atoms with Crippen LogP contribution < -0.4 is 15.4 Å². The summed E-state index contributed by atoms with van der Waals surface area (Å²) in [4.78, 5) is 24.6. The lowest BCUT2D eigenvalue weighted by Crippen LogP contribution is -2.50. The molecule has 1 aliphatic rings. The summed E-state index contributed by atoms with van der Waals surface area (Å²) in [6.07, 6.45) is -4.61. The van der Waals surface area contributed by atoms with Crippen LogP contribution in [0.2, 0.25) is 0 Å². The summed E-state index contributed by atoms with van der Waals surface area (Å²) in [5.74, 6) is -2.43. The number of aliphatic carboxylic acids is 1. The van der Waals surface area contributed by atoms with Crippen molar-refractivity contribution in [3.05, 3.63) is 23.8 Å². The summed E-state index contributed by atoms with van der Waals surface area (Å²) < 4.78 is 40.8. The van der Waals surface area contributed by atoms with Crippen molar-refractivity contribution in [3.8, 4) is 5.75 Å². The molecule has 1 aromatic carbocycles. The number of nitrogens with two attached hydrogens (primary N) is 1. The molecule has 0 saturated carbocycles. The molecule has 0 aromatic heterocycles. The highest BCUT2D eigenvalue weighted by atomic mass is 19.4. The summed E-state index contributed by atoms with van der Waals surface area (Å²) in [6.45, 7) is 1.65. The number of carboxylic acid groups (broad SMARTS) is 1. The Hall–Kier alpha value is -2.29. The minimum Gasteiger partial charge on any atom is -0.480 e. The van der Waals surface area contributed by atoms with Crippen molar-refractivity contribution >= 4 is 17.6 Å². The second kappa shape index (κ2) is 6.07. The van der Waals surface area contributed by atoms with Gasteiger partial charge in [0.15, 0.2) is 0 Å². The molecule has 1 heterocycles. The maximum atomic E-state index is 12.3. The normalized spacial score (nSPS) is 18.5. The first-order valence-corrected chi connectivity index (χ1v) is 6.84. The number of carbonyl (C=O) groups excluding carboxylic acids is 1. The van der Waals surface area contributed by atoms with Crippen molar-refractivity contribution in [2.24, 2.45) is 5.73 Å². The van der Waals surface area contributed by atoms with Crippen molar-refractivity contribution in [3.63, 3.8) is 0 Å². The van der Waals surface area contributed by atoms with Gasteiger partial charge in [0.25, 0.3) is 0 Å². The second-order valence-corrected chi connectivity index (χ2v) is 5.12. The van der Waals surface area contributed by atoms with Gasteiger partial charge in [0.05, 0.1) is 11.7 Å². The molecular weight excluding hydrogens is 317 g/mol. The van der Waals surface area contributed by atoms with Crippen LogP contribution in [0.1, 0.15) is 18.9 Å². The van der Waals surface area contributed by atoms with Crippen LogP contribution in [-0.2, 0) is 16.0 Å². The van der Waals surface area contributed by atoms with Crippen molar-refractivity contribution in [1.82, 2.24) is 0 Å². The number of carboxylic acids is 1. The van der Waals surface area contributed by atoms with Gasteiger partial charge < -0.3 is 15.6 Å². The van der Waals surface area contributed by atoms with Gasteiger partial charge in [0, 0.05) is 12.5 Å². The Bertz CT molecular complexity index is 633. The number of hydrogen-bond donors (Lipinski definition) is 2. The molecule has 6 nitrogen and oxygen atoms in total. The van der Waals surface area contributed by atoms with Gasteiger partial charge in [0.1, 0.15) is 11.8 Å². The first kappa shape index (κ1) is 17.1. The molecule has 2 atom stereocenters. The maximum absolute atomic E-state index is 12.3. The molecule has 23 heavy (non-hydrogen) atoms. The molecule has 2 rings (SSSR count). The zero-order valence-electron chi connectivity index (χ0n) is 12.1. The highest BCUT2D eigenvalue weighted by Gasteiger charge is 2.40. The molecule has 0 spiro atoms. The van der Waals surface area contributed by atoms with Crippen molar-refractivity contribution in [2.45, 2.75) is 38.2 Å². The van der Waals surface area contributed by atoms with E-state index < -0.39 is 36.1 Å². The van der Waals surface area contributed by atoms with Gasteiger partial charge in [-0.2, -0.15) is 0 Å². The monoisotopic (exact) mass is 332 g/mol. The fourth-order valence-corrected chi connectivity index (χ4v) is 2.43. The molecule has 9 heteroatoms. The van der Waals surface area contributed by atoms with Gasteiger partial charge in [-0.15, -0.1) is 13.2 Å². The number of fused-ring (bicyclic) bond motifs is 1. The number of rotatable bonds is 4. The van der Waals surface area contributed by atoms with Crippen LogP contribution in [0.4, 0.5) is 18.9 Å². The van der Waals surface area contributed by atoms with Crippen LogP contribution in [-0.4, -0.2) is 35.4 Å². The van der Waals surface area contributed by atoms with Crippen molar-refractivity contribution < 1.29 is 32.6 Å². The molecule has 1 unspecified atom stereocenters. The molecule has 1 aromatic rings. The van der Waals surface area contributed by atoms with Crippen molar-refractivity contribution in [1.29, 1.82) is 0 Å². The van der Waals surface area contributed by atoms with E-state index in [1.807, 2.05) is 0 Å². The van der Waals surface area contributed by atoms with E-state index in [2.05, 4.69) is 4.74 Å². The Kier molecular flexibility index (Phi) is 4.51. The Labute approximate surface area is 129 Å². The third-order valence-corrected chi connectivity index (χ3v) is 3.55. The van der Waals surface area contributed by atoms with E-state index in [1.165, 1.54) is 6.07 Å². The van der Waals surface area contributed by atoms with Crippen LogP contribution in [0.25, 0.3) is 0 Å². The molecule has 126 valence electrons. The fourth-order valence-electron chi connectivity index (χ4n) is 2.43. The molecule has 3 N–H and O–H groups in total. The van der Waals surface area contributed by atoms with Crippen LogP contribution >= 0.6 is 0 Å². The molecule has 1 amide bonds. The zero-order chi connectivity index (χ0) is 17.4. The number of anilines is 1. The van der Waals surface area contributed by atoms with E-state index in [0.29, 0.717) is 5.56 Å². The number of halogens is 3. The smallest absolute Gasteiger partial charge is 0.480 e. The number of alkyl halides is 3. The lowest BCUT2D eigenvalue weighted by atomic mass is 10.1. The standard InChI is InChI=1S/C14H15F3N2O4/c1-2-9(18)12(20)19-10-6-8(23-14(15,16)17)4-3-7(10)5-11(19)13(21)22/h3-4,6,9,11H,2,5,18H2,1H3,(H,21,22)/t9-,11?/m0/s1. The number of benzene rings is 1. The van der Waals surface area contributed by atoms with Gasteiger partial charge in [-0.25, -0.2) is 4.79 Å². The van der Waals surface area contributed by atoms with Gasteiger partial charge in [-0.3, -0.25) is 9.69 Å². The van der Waals surface area contributed by atoms with Crippen LogP contribution in [0, 0.1) is 0 Å². The molecule has 1 aliphatic heterocycles. The second-order valence-electron chi connectivity index (χ2n) is 5.12. The molecule has 0 bridgehead atoms. The van der Waals surface area contributed by atoms with E-state index in [0.717, 1.165) is 17.0 Å². The van der Waals surface area contributed by atoms with Crippen LogP contribution in [0.3, 0.4) is 0 Å². The zero-order valence-corrected chi connectivity index (χ0v) is 12.1. The Morgan fingerprint density at radius 3 is 2.65 bits per heavy atom. The fraction of sp³-hybridized carbons (Fsp3) is 0.429. The average molecular weight is 332 g/mol. The quantitative estimate of drug-likeness (QED) is 0.875. The largest absolute Gasteiger partial charge is 0.573 e. The molecular formula is C14H15F3N2O4. The lowest BCUT2D eigenvalue weighted by Gasteiger charge is -2.25. The summed E-state index contributed by atoms with van der Waals surface area (Å²) in [7, 11) is 0. The predicted molar refractivity (Wildman–Crippen MR) is 74.0 cm³/mol. The summed E-state index contributed by atoms with van der Waals surface area (Å²) >= 11 is 0. The third-order valence-electron chi connectivity index (χ3n) is 3.55. The number of ether oxygens (including phenoxy) is 1. The molecule has 0 radical (unpaired) electrons. The van der Waals surface area contributed by atoms with Crippen LogP contribution in [0.15, 0.2) is 18.2 Å². The summed E-state index contributed by atoms with van der Waals surface area (Å²) in [5.41, 5.74) is 6.18. The molecule has 0 saturated heterocycles. The maximum Gasteiger partial charge on any atom is 0.573 e. The topological polar surface area (TPSA) is 92.9 Å². The number of carbonyl (C=O) groups is 2. The summed E-state index contributed by atoms with van der Waals surface area (Å²) in [6, 6.07) is 1.27. The average Bonchev–Trinajstić information content (AvgIpc) is 2.82. The highest BCUT2D eigenvalue weighted by Crippen LogP contribution is 2.37. The van der Waals surface area contributed by atoms with Gasteiger partial charge in [-0.1, -0.05) is 13.0 Å². The predicted octanol–water partition coefficient (Wildman–Crippen LogP) is 1.66. The van der Waals surface area contributed by atoms with Crippen LogP contribution in [0.5, 0.6) is 5.75 Å². The van der Waals surface area contributed by atoms with E-state index in [1.54, 1.807) is 6.92 Å². The Morgan fingerprint density at radius 1 is 1.48 bits per heavy atom. The molecule has 0 aliphatic carbocycles. The van der Waals surface area contributed by atoms with E-state index in [9.17, 15) is 27.9 Å². The van der Waals surface area contributed by atoms with Gasteiger partial charge in [-0.05, 0) is 18.1 Å². The minimum absolute atomic E-state index is 0.000854. The highest BCUT2D eigenvalue weighted by molar-refractivity contribution is 6.04. The number of nitrogens with zero attached hydrogens (tertiary/aromatic N) is 1. The lowest BCUT2D eigenvalue weighted by molar-refractivity contribution is -0.274. The van der Waals surface area contributed by atoms with E-state index >= 15 is 0 Å². The molecule has 0 fully saturated rings. The minimum atomic E-state index is -4.88. The SMILES string of the molecule is CC[C@H](N)C(=O)N1c2cc(OC(F)(F)F)ccc2CC1C(=O)O. The van der Waals surface area contributed by atoms with E-state index in [4.69, 9.17) is 5.73 Å². The summed E-state index contributed by atoms with van der Waals surface area (Å²) in [5, 5.41) is 9.27. The Balaban J connectivity index is 2.42. The van der Waals surface area contributed by atoms with Gasteiger partial charge >= 0.3 is 12.3 Å². The number of hydrogen-bond acceptors (Lipinski definition) is 4. The Morgan fingerprint density at radius 2 is 2.13 bits per heavy atom.